The highest BCUT2D eigenvalue weighted by atomic mass is 35.5. The van der Waals surface area contributed by atoms with Crippen molar-refractivity contribution in [3.05, 3.63) is 46.9 Å². The Balaban J connectivity index is 1.15. The van der Waals surface area contributed by atoms with Crippen LogP contribution in [0.15, 0.2) is 30.6 Å². The summed E-state index contributed by atoms with van der Waals surface area (Å²) in [7, 11) is 1.78. The molecule has 1 amide bonds. The van der Waals surface area contributed by atoms with Gasteiger partial charge in [-0.1, -0.05) is 11.6 Å². The number of pyridine rings is 1. The molecule has 4 atom stereocenters. The monoisotopic (exact) mass is 510 g/mol. The van der Waals surface area contributed by atoms with E-state index in [1.165, 1.54) is 4.80 Å². The van der Waals surface area contributed by atoms with Crippen LogP contribution in [-0.4, -0.2) is 73.8 Å². The highest BCUT2D eigenvalue weighted by Gasteiger charge is 2.46. The molecule has 2 aliphatic heterocycles. The minimum absolute atomic E-state index is 0.0364. The van der Waals surface area contributed by atoms with Gasteiger partial charge in [-0.3, -0.25) is 9.69 Å². The van der Waals surface area contributed by atoms with Gasteiger partial charge >= 0.3 is 0 Å². The summed E-state index contributed by atoms with van der Waals surface area (Å²) in [5, 5.41) is 24.5. The van der Waals surface area contributed by atoms with Gasteiger partial charge in [0.25, 0.3) is 0 Å². The van der Waals surface area contributed by atoms with Crippen LogP contribution in [0.4, 0.5) is 5.82 Å². The van der Waals surface area contributed by atoms with Crippen molar-refractivity contribution in [2.75, 3.05) is 31.6 Å². The first-order valence-electron chi connectivity index (χ1n) is 12.6. The zero-order valence-electron chi connectivity index (χ0n) is 20.5. The molecule has 190 valence electrons. The smallest absolute Gasteiger partial charge is 0.229 e. The van der Waals surface area contributed by atoms with Gasteiger partial charge in [0.1, 0.15) is 5.82 Å². The van der Waals surface area contributed by atoms with E-state index in [4.69, 9.17) is 16.3 Å². The molecule has 4 unspecified atom stereocenters. The molecule has 2 saturated heterocycles. The molecule has 36 heavy (non-hydrogen) atoms. The SMILES string of the molecule is Cn1ncc(C2CC2C(=O)Nc2cc3cc(C4CCN(C5(C)COCC5O)CC4)c(Cl)cc3cn2)n1. The number of fused-ring (bicyclic) bond motifs is 1. The van der Waals surface area contributed by atoms with Gasteiger partial charge in [-0.25, -0.2) is 4.98 Å². The highest BCUT2D eigenvalue weighted by Crippen LogP contribution is 2.47. The molecule has 2 N–H and O–H groups in total. The zero-order chi connectivity index (χ0) is 25.0. The number of anilines is 1. The Labute approximate surface area is 214 Å². The fraction of sp³-hybridized carbons (Fsp3) is 0.538. The lowest BCUT2D eigenvalue weighted by Gasteiger charge is -2.43. The summed E-state index contributed by atoms with van der Waals surface area (Å²) in [6.45, 7) is 4.84. The number of carbonyl (C=O) groups is 1. The number of halogens is 1. The molecule has 0 bridgehead atoms. The van der Waals surface area contributed by atoms with Gasteiger partial charge in [-0.05, 0) is 74.3 Å². The summed E-state index contributed by atoms with van der Waals surface area (Å²) in [5.74, 6) is 0.867. The van der Waals surface area contributed by atoms with Crippen LogP contribution in [0.2, 0.25) is 5.02 Å². The van der Waals surface area contributed by atoms with E-state index in [0.29, 0.717) is 24.9 Å². The number of aromatic nitrogens is 4. The molecule has 1 aliphatic carbocycles. The third-order valence-corrected chi connectivity index (χ3v) is 8.59. The minimum atomic E-state index is -0.453. The Morgan fingerprint density at radius 3 is 2.72 bits per heavy atom. The van der Waals surface area contributed by atoms with Crippen LogP contribution in [-0.2, 0) is 16.6 Å². The number of nitrogens with one attached hydrogen (secondary N) is 1. The first-order chi connectivity index (χ1) is 17.3. The summed E-state index contributed by atoms with van der Waals surface area (Å²) in [6.07, 6.45) is 5.75. The number of amides is 1. The number of aryl methyl sites for hydroxylation is 1. The Bertz CT molecular complexity index is 1310. The van der Waals surface area contributed by atoms with Gasteiger partial charge in [-0.15, -0.1) is 0 Å². The summed E-state index contributed by atoms with van der Waals surface area (Å²) in [4.78, 5) is 21.1. The lowest BCUT2D eigenvalue weighted by molar-refractivity contribution is -0.117. The zero-order valence-corrected chi connectivity index (χ0v) is 21.3. The lowest BCUT2D eigenvalue weighted by atomic mass is 9.85. The Morgan fingerprint density at radius 1 is 1.22 bits per heavy atom. The standard InChI is InChI=1S/C26H31ClN6O3/c1-26(14-36-13-23(26)34)33-5-3-15(4-6-33)18-7-16-9-24(28-11-17(16)8-21(18)27)30-25(35)20-10-19(20)22-12-29-32(2)31-22/h7-9,11-12,15,19-20,23,34H,3-6,10,13-14H2,1-2H3,(H,28,30,35). The van der Waals surface area contributed by atoms with Crippen LogP contribution in [0.1, 0.15) is 49.3 Å². The normalized spacial score (nSPS) is 29.1. The number of aliphatic hydroxyl groups excluding tert-OH is 1. The first kappa shape index (κ1) is 23.8. The number of carbonyl (C=O) groups excluding carboxylic acids is 1. The van der Waals surface area contributed by atoms with Crippen LogP contribution >= 0.6 is 11.6 Å². The van der Waals surface area contributed by atoms with E-state index in [1.807, 2.05) is 12.1 Å². The van der Waals surface area contributed by atoms with Crippen molar-refractivity contribution >= 4 is 34.1 Å². The maximum atomic E-state index is 12.8. The van der Waals surface area contributed by atoms with Gasteiger partial charge in [0.15, 0.2) is 0 Å². The molecule has 3 fully saturated rings. The summed E-state index contributed by atoms with van der Waals surface area (Å²) < 4.78 is 5.54. The predicted octanol–water partition coefficient (Wildman–Crippen LogP) is 3.09. The Morgan fingerprint density at radius 2 is 2.03 bits per heavy atom. The number of hydrogen-bond donors (Lipinski definition) is 2. The van der Waals surface area contributed by atoms with Crippen molar-refractivity contribution in [2.24, 2.45) is 13.0 Å². The van der Waals surface area contributed by atoms with E-state index in [9.17, 15) is 9.90 Å². The topological polar surface area (TPSA) is 105 Å². The number of ether oxygens (including phenoxy) is 1. The van der Waals surface area contributed by atoms with Crippen LogP contribution < -0.4 is 5.32 Å². The number of piperidine rings is 1. The average Bonchev–Trinajstić information content (AvgIpc) is 3.44. The molecule has 10 heteroatoms. The molecule has 2 aromatic heterocycles. The lowest BCUT2D eigenvalue weighted by Crippen LogP contribution is -2.56. The van der Waals surface area contributed by atoms with Crippen molar-refractivity contribution < 1.29 is 14.6 Å². The van der Waals surface area contributed by atoms with Gasteiger partial charge in [-0.2, -0.15) is 15.0 Å². The quantitative estimate of drug-likeness (QED) is 0.543. The van der Waals surface area contributed by atoms with E-state index >= 15 is 0 Å². The number of nitrogens with zero attached hydrogens (tertiary/aromatic N) is 5. The van der Waals surface area contributed by atoms with Crippen LogP contribution in [0, 0.1) is 5.92 Å². The molecule has 1 saturated carbocycles. The van der Waals surface area contributed by atoms with Gasteiger partial charge in [0.05, 0.1) is 36.7 Å². The number of benzene rings is 1. The number of likely N-dealkylation sites (tertiary alicyclic amines) is 1. The molecule has 0 radical (unpaired) electrons. The average molecular weight is 511 g/mol. The predicted molar refractivity (Wildman–Crippen MR) is 136 cm³/mol. The fourth-order valence-corrected chi connectivity index (χ4v) is 6.11. The fourth-order valence-electron chi connectivity index (χ4n) is 5.78. The van der Waals surface area contributed by atoms with Crippen LogP contribution in [0.3, 0.4) is 0 Å². The molecule has 4 heterocycles. The van der Waals surface area contributed by atoms with E-state index in [2.05, 4.69) is 38.4 Å². The largest absolute Gasteiger partial charge is 0.389 e. The first-order valence-corrected chi connectivity index (χ1v) is 13.0. The summed E-state index contributed by atoms with van der Waals surface area (Å²) in [6, 6.07) is 6.04. The van der Waals surface area contributed by atoms with E-state index in [0.717, 1.165) is 59.4 Å². The molecular weight excluding hydrogens is 480 g/mol. The maximum Gasteiger partial charge on any atom is 0.229 e. The second-order valence-electron chi connectivity index (χ2n) is 10.6. The maximum absolute atomic E-state index is 12.8. The van der Waals surface area contributed by atoms with Crippen LogP contribution in [0.25, 0.3) is 10.8 Å². The van der Waals surface area contributed by atoms with Crippen molar-refractivity contribution in [2.45, 2.75) is 49.7 Å². The van der Waals surface area contributed by atoms with E-state index in [1.54, 1.807) is 19.4 Å². The van der Waals surface area contributed by atoms with Crippen molar-refractivity contribution in [3.63, 3.8) is 0 Å². The van der Waals surface area contributed by atoms with Crippen LogP contribution in [0.5, 0.6) is 0 Å². The second-order valence-corrected chi connectivity index (χ2v) is 11.0. The Hall–Kier alpha value is -2.59. The second kappa shape index (κ2) is 9.06. The van der Waals surface area contributed by atoms with E-state index < -0.39 is 6.10 Å². The third kappa shape index (κ3) is 4.28. The molecule has 1 aromatic carbocycles. The highest BCUT2D eigenvalue weighted by molar-refractivity contribution is 6.32. The molecular formula is C26H31ClN6O3. The summed E-state index contributed by atoms with van der Waals surface area (Å²) >= 11 is 6.72. The summed E-state index contributed by atoms with van der Waals surface area (Å²) in [5.41, 5.74) is 1.67. The molecule has 9 nitrogen and oxygen atoms in total. The number of hydrogen-bond acceptors (Lipinski definition) is 7. The Kier molecular flexibility index (Phi) is 5.99. The minimum Gasteiger partial charge on any atom is -0.389 e. The van der Waals surface area contributed by atoms with Crippen molar-refractivity contribution in [3.8, 4) is 0 Å². The molecule has 6 rings (SSSR count). The molecule has 3 aliphatic rings. The third-order valence-electron chi connectivity index (χ3n) is 8.26. The molecule has 0 spiro atoms. The van der Waals surface area contributed by atoms with E-state index in [-0.39, 0.29) is 23.3 Å². The van der Waals surface area contributed by atoms with Gasteiger partial charge < -0.3 is 15.2 Å². The van der Waals surface area contributed by atoms with Gasteiger partial charge in [0.2, 0.25) is 5.91 Å². The van der Waals surface area contributed by atoms with Crippen molar-refractivity contribution in [1.29, 1.82) is 0 Å². The van der Waals surface area contributed by atoms with Gasteiger partial charge in [0, 0.05) is 35.5 Å². The number of aliphatic hydroxyl groups is 1. The number of rotatable bonds is 5. The molecule has 3 aromatic rings. The van der Waals surface area contributed by atoms with Crippen molar-refractivity contribution in [1.82, 2.24) is 24.9 Å².